The predicted octanol–water partition coefficient (Wildman–Crippen LogP) is 1.43. The third-order valence-corrected chi connectivity index (χ3v) is 6.19. The van der Waals surface area contributed by atoms with Gasteiger partial charge in [-0.1, -0.05) is 18.6 Å². The summed E-state index contributed by atoms with van der Waals surface area (Å²) in [6.45, 7) is 10.5. The molecule has 4 rings (SSSR count). The van der Waals surface area contributed by atoms with Gasteiger partial charge in [0.2, 0.25) is 0 Å². The zero-order chi connectivity index (χ0) is 19.2. The van der Waals surface area contributed by atoms with Gasteiger partial charge in [0, 0.05) is 45.3 Å². The Hall–Kier alpha value is -1.18. The van der Waals surface area contributed by atoms with Gasteiger partial charge in [0.1, 0.15) is 18.5 Å². The molecule has 0 saturated carbocycles. The molecule has 3 heterocycles. The lowest BCUT2D eigenvalue weighted by atomic mass is 10.0. The van der Waals surface area contributed by atoms with E-state index in [4.69, 9.17) is 9.47 Å². The highest BCUT2D eigenvalue weighted by molar-refractivity contribution is 5.27. The van der Waals surface area contributed by atoms with E-state index in [1.165, 1.54) is 24.8 Å². The first-order valence-electron chi connectivity index (χ1n) is 10.9. The molecule has 0 aliphatic carbocycles. The fraction of sp³-hybridized carbons (Fsp3) is 0.727. The van der Waals surface area contributed by atoms with Crippen molar-refractivity contribution in [1.29, 1.82) is 0 Å². The minimum atomic E-state index is -0.420. The van der Waals surface area contributed by atoms with E-state index in [1.807, 2.05) is 12.1 Å². The number of likely N-dealkylation sites (tertiary alicyclic amines) is 2. The molecule has 28 heavy (non-hydrogen) atoms. The number of hydrogen-bond acceptors (Lipinski definition) is 6. The number of benzene rings is 1. The number of β-amino-alcohol motifs (C(OH)–C–C–N with tert-alkyl or cyclic N) is 1. The van der Waals surface area contributed by atoms with Gasteiger partial charge in [-0.25, -0.2) is 0 Å². The van der Waals surface area contributed by atoms with Gasteiger partial charge >= 0.3 is 0 Å². The smallest absolute Gasteiger partial charge is 0.119 e. The van der Waals surface area contributed by atoms with Gasteiger partial charge in [0.15, 0.2) is 0 Å². The second kappa shape index (κ2) is 10.0. The van der Waals surface area contributed by atoms with Crippen LogP contribution in [-0.2, 0) is 11.3 Å². The Morgan fingerprint density at radius 2 is 1.68 bits per heavy atom. The lowest BCUT2D eigenvalue weighted by Crippen LogP contribution is -2.60. The Morgan fingerprint density at radius 1 is 0.964 bits per heavy atom. The number of morpholine rings is 1. The average Bonchev–Trinajstić information content (AvgIpc) is 2.71. The highest BCUT2D eigenvalue weighted by atomic mass is 16.5. The maximum atomic E-state index is 10.2. The molecule has 0 spiro atoms. The Morgan fingerprint density at radius 3 is 2.39 bits per heavy atom. The summed E-state index contributed by atoms with van der Waals surface area (Å²) in [5.74, 6) is 0.844. The maximum absolute atomic E-state index is 10.2. The highest BCUT2D eigenvalue weighted by Gasteiger charge is 2.32. The zero-order valence-corrected chi connectivity index (χ0v) is 17.0. The summed E-state index contributed by atoms with van der Waals surface area (Å²) in [4.78, 5) is 7.41. The lowest BCUT2D eigenvalue weighted by Gasteiger charge is -2.46. The van der Waals surface area contributed by atoms with Crippen LogP contribution in [0.25, 0.3) is 0 Å². The van der Waals surface area contributed by atoms with E-state index in [2.05, 4.69) is 26.8 Å². The normalized spacial score (nSPS) is 24.0. The van der Waals surface area contributed by atoms with Gasteiger partial charge < -0.3 is 19.5 Å². The maximum Gasteiger partial charge on any atom is 0.119 e. The summed E-state index contributed by atoms with van der Waals surface area (Å²) in [6, 6.07) is 9.06. The number of nitrogens with zero attached hydrogens (tertiary/aromatic N) is 3. The Kier molecular flexibility index (Phi) is 7.20. The first-order chi connectivity index (χ1) is 13.8. The monoisotopic (exact) mass is 389 g/mol. The molecule has 3 saturated heterocycles. The van der Waals surface area contributed by atoms with Crippen molar-refractivity contribution in [2.45, 2.75) is 38.0 Å². The van der Waals surface area contributed by atoms with Crippen molar-refractivity contribution in [1.82, 2.24) is 14.7 Å². The second-order valence-corrected chi connectivity index (χ2v) is 8.47. The molecule has 6 heteroatoms. The van der Waals surface area contributed by atoms with Crippen molar-refractivity contribution >= 4 is 0 Å². The van der Waals surface area contributed by atoms with Gasteiger partial charge in [-0.2, -0.15) is 0 Å². The lowest BCUT2D eigenvalue weighted by molar-refractivity contribution is -0.0344. The Balaban J connectivity index is 1.14. The summed E-state index contributed by atoms with van der Waals surface area (Å²) < 4.78 is 11.2. The topological polar surface area (TPSA) is 48.4 Å². The van der Waals surface area contributed by atoms with E-state index < -0.39 is 6.10 Å². The van der Waals surface area contributed by atoms with Gasteiger partial charge in [-0.05, 0) is 43.6 Å². The van der Waals surface area contributed by atoms with Crippen LogP contribution in [0.1, 0.15) is 24.8 Å². The van der Waals surface area contributed by atoms with Gasteiger partial charge in [0.25, 0.3) is 0 Å². The van der Waals surface area contributed by atoms with Crippen molar-refractivity contribution in [3.63, 3.8) is 0 Å². The number of rotatable bonds is 8. The van der Waals surface area contributed by atoms with Gasteiger partial charge in [0.05, 0.1) is 13.2 Å². The number of aliphatic hydroxyl groups excluding tert-OH is 1. The fourth-order valence-corrected chi connectivity index (χ4v) is 4.48. The Labute approximate surface area is 169 Å². The second-order valence-electron chi connectivity index (χ2n) is 8.47. The third kappa shape index (κ3) is 5.67. The number of ether oxygens (including phenoxy) is 2. The summed E-state index contributed by atoms with van der Waals surface area (Å²) >= 11 is 0. The third-order valence-electron chi connectivity index (χ3n) is 6.19. The van der Waals surface area contributed by atoms with Crippen molar-refractivity contribution in [2.24, 2.45) is 0 Å². The van der Waals surface area contributed by atoms with Crippen LogP contribution < -0.4 is 4.74 Å². The molecule has 0 aromatic heterocycles. The highest BCUT2D eigenvalue weighted by Crippen LogP contribution is 2.20. The van der Waals surface area contributed by atoms with E-state index >= 15 is 0 Å². The quantitative estimate of drug-likeness (QED) is 0.726. The van der Waals surface area contributed by atoms with Crippen LogP contribution >= 0.6 is 0 Å². The Bertz CT molecular complexity index is 579. The molecule has 0 amide bonds. The SMILES string of the molecule is OC(COc1ccc(CN2CC(N3CCOCC3)C2)cc1)CN1CCCCC1. The van der Waals surface area contributed by atoms with Crippen molar-refractivity contribution in [3.8, 4) is 5.75 Å². The molecular formula is C22H35N3O3. The molecule has 1 aromatic carbocycles. The van der Waals surface area contributed by atoms with Crippen molar-refractivity contribution in [2.75, 3.05) is 65.6 Å². The van der Waals surface area contributed by atoms with Crippen LogP contribution in [0, 0.1) is 0 Å². The summed E-state index contributed by atoms with van der Waals surface area (Å²) in [6.07, 6.45) is 3.40. The minimum Gasteiger partial charge on any atom is -0.491 e. The average molecular weight is 390 g/mol. The standard InChI is InChI=1S/C22H35N3O3/c26-21(17-23-8-2-1-3-9-23)18-28-22-6-4-19(5-7-22)14-24-15-20(16-24)25-10-12-27-13-11-25/h4-7,20-21,26H,1-3,8-18H2. The first-order valence-corrected chi connectivity index (χ1v) is 10.9. The van der Waals surface area contributed by atoms with Crippen LogP contribution in [0.2, 0.25) is 0 Å². The van der Waals surface area contributed by atoms with E-state index in [1.54, 1.807) is 0 Å². The summed E-state index contributed by atoms with van der Waals surface area (Å²) in [7, 11) is 0. The molecular weight excluding hydrogens is 354 g/mol. The number of piperidine rings is 1. The summed E-state index contributed by atoms with van der Waals surface area (Å²) in [5, 5.41) is 10.2. The van der Waals surface area contributed by atoms with Crippen LogP contribution in [0.15, 0.2) is 24.3 Å². The largest absolute Gasteiger partial charge is 0.491 e. The van der Waals surface area contributed by atoms with Crippen LogP contribution in [0.3, 0.4) is 0 Å². The molecule has 1 unspecified atom stereocenters. The van der Waals surface area contributed by atoms with Gasteiger partial charge in [-0.15, -0.1) is 0 Å². The van der Waals surface area contributed by atoms with Crippen LogP contribution in [0.4, 0.5) is 0 Å². The molecule has 1 N–H and O–H groups in total. The van der Waals surface area contributed by atoms with Gasteiger partial charge in [-0.3, -0.25) is 9.80 Å². The molecule has 0 bridgehead atoms. The fourth-order valence-electron chi connectivity index (χ4n) is 4.48. The predicted molar refractivity (Wildman–Crippen MR) is 110 cm³/mol. The van der Waals surface area contributed by atoms with E-state index in [0.29, 0.717) is 12.6 Å². The van der Waals surface area contributed by atoms with Crippen molar-refractivity contribution in [3.05, 3.63) is 29.8 Å². The van der Waals surface area contributed by atoms with Crippen LogP contribution in [-0.4, -0.2) is 97.6 Å². The first kappa shape index (κ1) is 20.1. The van der Waals surface area contributed by atoms with Crippen molar-refractivity contribution < 1.29 is 14.6 Å². The molecule has 6 nitrogen and oxygen atoms in total. The molecule has 3 fully saturated rings. The molecule has 3 aliphatic rings. The van der Waals surface area contributed by atoms with E-state index in [9.17, 15) is 5.11 Å². The zero-order valence-electron chi connectivity index (χ0n) is 17.0. The molecule has 1 aromatic rings. The summed E-state index contributed by atoms with van der Waals surface area (Å²) in [5.41, 5.74) is 1.32. The van der Waals surface area contributed by atoms with Crippen LogP contribution in [0.5, 0.6) is 5.75 Å². The number of hydrogen-bond donors (Lipinski definition) is 1. The molecule has 1 atom stereocenters. The number of aliphatic hydroxyl groups is 1. The molecule has 156 valence electrons. The van der Waals surface area contributed by atoms with E-state index in [0.717, 1.165) is 71.3 Å². The molecule has 3 aliphatic heterocycles. The molecule has 0 radical (unpaired) electrons. The minimum absolute atomic E-state index is 0.364. The van der Waals surface area contributed by atoms with E-state index in [-0.39, 0.29) is 0 Å².